The quantitative estimate of drug-likeness (QED) is 0.0965. The molecule has 13 nitrogen and oxygen atoms in total. The summed E-state index contributed by atoms with van der Waals surface area (Å²) in [7, 11) is 0. The number of carboxylic acid groups (broad SMARTS) is 2. The predicted molar refractivity (Wildman–Crippen MR) is 133 cm³/mol. The third-order valence-electron chi connectivity index (χ3n) is 6.79. The summed E-state index contributed by atoms with van der Waals surface area (Å²) in [6.45, 7) is 6.75. The molecule has 1 saturated heterocycles. The fourth-order valence-electron chi connectivity index (χ4n) is 4.36. The summed E-state index contributed by atoms with van der Waals surface area (Å²) >= 11 is 0. The highest BCUT2D eigenvalue weighted by Crippen LogP contribution is 2.36. The van der Waals surface area contributed by atoms with Crippen LogP contribution in [-0.4, -0.2) is 98.8 Å². The van der Waals surface area contributed by atoms with E-state index in [1.165, 1.54) is 6.08 Å². The van der Waals surface area contributed by atoms with Crippen molar-refractivity contribution in [3.63, 3.8) is 0 Å². The molecule has 2 aliphatic heterocycles. The highest BCUT2D eigenvalue weighted by atomic mass is 16.8. The number of aliphatic carboxylic acids is 2. The van der Waals surface area contributed by atoms with E-state index in [0.29, 0.717) is 18.4 Å². The highest BCUT2D eigenvalue weighted by Gasteiger charge is 2.48. The maximum absolute atomic E-state index is 12.4. The average Bonchev–Trinajstić information content (AvgIpc) is 2.87. The van der Waals surface area contributed by atoms with E-state index in [4.69, 9.17) is 24.1 Å². The van der Waals surface area contributed by atoms with Crippen LogP contribution in [0.15, 0.2) is 36.1 Å². The zero-order valence-electron chi connectivity index (χ0n) is 21.9. The van der Waals surface area contributed by atoms with E-state index in [0.717, 1.165) is 12.7 Å². The van der Waals surface area contributed by atoms with Crippen LogP contribution in [0.2, 0.25) is 0 Å². The maximum atomic E-state index is 12.4. The first-order valence-electron chi connectivity index (χ1n) is 12.6. The predicted octanol–water partition coefficient (Wildman–Crippen LogP) is 0.317. The Morgan fingerprint density at radius 2 is 1.79 bits per heavy atom. The number of carboxylic acids is 2. The van der Waals surface area contributed by atoms with Gasteiger partial charge in [0.15, 0.2) is 6.29 Å². The van der Waals surface area contributed by atoms with Gasteiger partial charge in [-0.2, -0.15) is 0 Å². The highest BCUT2D eigenvalue weighted by molar-refractivity contribution is 5.88. The molecule has 0 saturated carbocycles. The van der Waals surface area contributed by atoms with Gasteiger partial charge in [0, 0.05) is 24.0 Å². The Bertz CT molecular complexity index is 929. The van der Waals surface area contributed by atoms with Crippen molar-refractivity contribution in [3.05, 3.63) is 36.1 Å². The zero-order chi connectivity index (χ0) is 29.3. The minimum Gasteiger partial charge on any atom is -0.481 e. The summed E-state index contributed by atoms with van der Waals surface area (Å²) in [6.07, 6.45) is -4.20. The van der Waals surface area contributed by atoms with Gasteiger partial charge in [-0.05, 0) is 32.1 Å². The van der Waals surface area contributed by atoms with Gasteiger partial charge in [-0.15, -0.1) is 6.58 Å². The molecular weight excluding hydrogens is 520 g/mol. The van der Waals surface area contributed by atoms with Gasteiger partial charge in [0.05, 0.1) is 18.3 Å². The summed E-state index contributed by atoms with van der Waals surface area (Å²) in [6, 6.07) is 0. The normalized spacial score (nSPS) is 31.9. The number of rotatable bonds is 14. The number of allylic oxidation sites excluding steroid dienone is 1. The second-order valence-electron chi connectivity index (χ2n) is 9.73. The largest absolute Gasteiger partial charge is 0.481 e. The molecule has 0 radical (unpaired) electrons. The molecule has 9 atom stereocenters. The van der Waals surface area contributed by atoms with Gasteiger partial charge in [0.25, 0.3) is 0 Å². The molecule has 0 spiro atoms. The Balaban J connectivity index is 2.07. The fraction of sp³-hybridized carbons (Fsp3) is 0.654. The van der Waals surface area contributed by atoms with Crippen molar-refractivity contribution in [2.24, 2.45) is 17.8 Å². The molecule has 0 aromatic rings. The first-order valence-corrected chi connectivity index (χ1v) is 12.6. The van der Waals surface area contributed by atoms with Crippen LogP contribution in [0.5, 0.6) is 0 Å². The standard InChI is InChI=1S/C26H38O13/c1-4-15-16(10-19(28)29)17(23(33)34)11-37-25(15)39-26-22(32)21(31)20(30)18(38-26)12-36-24(35)14(3)7-5-6-13(2)8-9-27/h4,7,11,13,15-16,18,20-22,25-27,30-32H,1,5-6,8-10,12H2,2-3H3,(H,28,29)(H,33,34)/b14-7+/t13-,15+,16-,18+,20+,21-,22+,25-,26-/m0/s1. The number of ether oxygens (including phenoxy) is 4. The van der Waals surface area contributed by atoms with Gasteiger partial charge in [0.2, 0.25) is 6.29 Å². The second-order valence-corrected chi connectivity index (χ2v) is 9.73. The number of aliphatic hydroxyl groups excluding tert-OH is 4. The summed E-state index contributed by atoms with van der Waals surface area (Å²) in [5, 5.41) is 58.8. The summed E-state index contributed by atoms with van der Waals surface area (Å²) in [4.78, 5) is 35.3. The smallest absolute Gasteiger partial charge is 0.335 e. The molecule has 2 aliphatic rings. The van der Waals surface area contributed by atoms with E-state index < -0.39 is 79.8 Å². The summed E-state index contributed by atoms with van der Waals surface area (Å²) < 4.78 is 21.8. The van der Waals surface area contributed by atoms with E-state index in [1.54, 1.807) is 13.0 Å². The van der Waals surface area contributed by atoms with Crippen LogP contribution in [0.4, 0.5) is 0 Å². The molecule has 0 aromatic heterocycles. The molecule has 39 heavy (non-hydrogen) atoms. The van der Waals surface area contributed by atoms with Crippen LogP contribution in [0.1, 0.15) is 39.5 Å². The minimum absolute atomic E-state index is 0.0883. The van der Waals surface area contributed by atoms with Crippen molar-refractivity contribution in [1.82, 2.24) is 0 Å². The number of carbonyl (C=O) groups excluding carboxylic acids is 1. The summed E-state index contributed by atoms with van der Waals surface area (Å²) in [5.74, 6) is -5.11. The molecule has 0 unspecified atom stereocenters. The van der Waals surface area contributed by atoms with Crippen LogP contribution >= 0.6 is 0 Å². The van der Waals surface area contributed by atoms with Gasteiger partial charge in [-0.3, -0.25) is 4.79 Å². The molecule has 0 aliphatic carbocycles. The number of esters is 1. The van der Waals surface area contributed by atoms with Gasteiger partial charge in [0.1, 0.15) is 31.0 Å². The van der Waals surface area contributed by atoms with Crippen molar-refractivity contribution in [2.75, 3.05) is 13.2 Å². The zero-order valence-corrected chi connectivity index (χ0v) is 21.9. The Morgan fingerprint density at radius 3 is 2.38 bits per heavy atom. The van der Waals surface area contributed by atoms with Gasteiger partial charge >= 0.3 is 17.9 Å². The van der Waals surface area contributed by atoms with Crippen LogP contribution in [0.25, 0.3) is 0 Å². The van der Waals surface area contributed by atoms with Crippen molar-refractivity contribution in [3.8, 4) is 0 Å². The molecule has 0 aromatic carbocycles. The van der Waals surface area contributed by atoms with E-state index in [9.17, 15) is 39.9 Å². The van der Waals surface area contributed by atoms with Crippen LogP contribution in [0.3, 0.4) is 0 Å². The molecule has 13 heteroatoms. The number of aliphatic hydroxyl groups is 4. The molecule has 0 amide bonds. The lowest BCUT2D eigenvalue weighted by Gasteiger charge is -2.43. The molecule has 1 fully saturated rings. The lowest BCUT2D eigenvalue weighted by atomic mass is 9.81. The van der Waals surface area contributed by atoms with Gasteiger partial charge < -0.3 is 49.6 Å². The van der Waals surface area contributed by atoms with Crippen molar-refractivity contribution < 1.29 is 64.0 Å². The Kier molecular flexibility index (Phi) is 12.5. The average molecular weight is 559 g/mol. The van der Waals surface area contributed by atoms with Crippen molar-refractivity contribution in [2.45, 2.75) is 76.5 Å². The molecule has 2 rings (SSSR count). The molecule has 220 valence electrons. The number of hydrogen-bond acceptors (Lipinski definition) is 11. The minimum atomic E-state index is -1.77. The lowest BCUT2D eigenvalue weighted by Crippen LogP contribution is -2.60. The fourth-order valence-corrected chi connectivity index (χ4v) is 4.36. The van der Waals surface area contributed by atoms with Gasteiger partial charge in [-0.1, -0.05) is 19.1 Å². The SMILES string of the molecule is C=C[C@H]1[C@H](O[C@@H]2O[C@H](COC(=O)/C(C)=C/CC[C@H](C)CCO)[C@@H](O)[C@H](O)[C@H]2O)OC=C(C(=O)O)[C@H]1CC(=O)O. The van der Waals surface area contributed by atoms with Crippen LogP contribution in [0, 0.1) is 17.8 Å². The number of hydrogen-bond donors (Lipinski definition) is 6. The van der Waals surface area contributed by atoms with Crippen LogP contribution < -0.4 is 0 Å². The van der Waals surface area contributed by atoms with Crippen molar-refractivity contribution in [1.29, 1.82) is 0 Å². The Hall–Kier alpha value is -2.81. The van der Waals surface area contributed by atoms with Gasteiger partial charge in [-0.25, -0.2) is 9.59 Å². The Morgan fingerprint density at radius 1 is 1.10 bits per heavy atom. The lowest BCUT2D eigenvalue weighted by molar-refractivity contribution is -0.339. The topological polar surface area (TPSA) is 210 Å². The monoisotopic (exact) mass is 558 g/mol. The van der Waals surface area contributed by atoms with E-state index >= 15 is 0 Å². The number of carbonyl (C=O) groups is 3. The Labute approximate surface area is 225 Å². The molecule has 2 heterocycles. The van der Waals surface area contributed by atoms with Crippen LogP contribution in [-0.2, 0) is 33.3 Å². The molecule has 0 bridgehead atoms. The first-order chi connectivity index (χ1) is 18.4. The second kappa shape index (κ2) is 15.1. The third-order valence-corrected chi connectivity index (χ3v) is 6.79. The maximum Gasteiger partial charge on any atom is 0.335 e. The molecular formula is C26H38O13. The molecule has 6 N–H and O–H groups in total. The van der Waals surface area contributed by atoms with E-state index in [-0.39, 0.29) is 18.1 Å². The van der Waals surface area contributed by atoms with E-state index in [2.05, 4.69) is 6.58 Å². The first kappa shape index (κ1) is 32.4. The summed E-state index contributed by atoms with van der Waals surface area (Å²) in [5.41, 5.74) is 0.0126. The van der Waals surface area contributed by atoms with E-state index in [1.807, 2.05) is 6.92 Å². The third kappa shape index (κ3) is 8.85. The van der Waals surface area contributed by atoms with Crippen molar-refractivity contribution >= 4 is 17.9 Å².